The molecule has 0 amide bonds. The fourth-order valence-electron chi connectivity index (χ4n) is 3.35. The predicted molar refractivity (Wildman–Crippen MR) is 104 cm³/mol. The van der Waals surface area contributed by atoms with E-state index in [1.54, 1.807) is 6.92 Å². The molecule has 4 heteroatoms. The van der Waals surface area contributed by atoms with E-state index in [-0.39, 0.29) is 6.42 Å². The van der Waals surface area contributed by atoms with Gasteiger partial charge in [0.05, 0.1) is 11.7 Å². The summed E-state index contributed by atoms with van der Waals surface area (Å²) in [6.45, 7) is 3.92. The molecule has 2 unspecified atom stereocenters. The van der Waals surface area contributed by atoms with E-state index in [0.717, 1.165) is 57.8 Å². The van der Waals surface area contributed by atoms with Gasteiger partial charge in [-0.1, -0.05) is 84.0 Å². The summed E-state index contributed by atoms with van der Waals surface area (Å²) in [5, 5.41) is 29.2. The van der Waals surface area contributed by atoms with E-state index in [1.807, 2.05) is 0 Å². The smallest absolute Gasteiger partial charge is 0.303 e. The maximum absolute atomic E-state index is 10.7. The zero-order valence-electron chi connectivity index (χ0n) is 16.6. The van der Waals surface area contributed by atoms with Gasteiger partial charge in [-0.25, -0.2) is 0 Å². The van der Waals surface area contributed by atoms with Crippen molar-refractivity contribution in [3.05, 3.63) is 0 Å². The summed E-state index contributed by atoms with van der Waals surface area (Å²) in [4.78, 5) is 10.4. The van der Waals surface area contributed by atoms with Gasteiger partial charge in [0.25, 0.3) is 0 Å². The number of aliphatic carboxylic acids is 1. The highest BCUT2D eigenvalue weighted by atomic mass is 16.4. The molecule has 0 fully saturated rings. The molecule has 0 saturated carbocycles. The van der Waals surface area contributed by atoms with Crippen molar-refractivity contribution < 1.29 is 20.1 Å². The molecule has 2 atom stereocenters. The van der Waals surface area contributed by atoms with Crippen molar-refractivity contribution in [1.29, 1.82) is 0 Å². The van der Waals surface area contributed by atoms with Crippen LogP contribution in [0.2, 0.25) is 0 Å². The van der Waals surface area contributed by atoms with Crippen molar-refractivity contribution in [1.82, 2.24) is 0 Å². The lowest BCUT2D eigenvalue weighted by Gasteiger charge is -2.31. The van der Waals surface area contributed by atoms with Crippen LogP contribution in [0, 0.1) is 0 Å². The van der Waals surface area contributed by atoms with Crippen molar-refractivity contribution in [3.63, 3.8) is 0 Å². The molecular formula is C21H42O4. The number of aliphatic hydroxyl groups is 2. The first-order valence-electron chi connectivity index (χ1n) is 10.5. The minimum atomic E-state index is -0.924. The topological polar surface area (TPSA) is 77.8 Å². The van der Waals surface area contributed by atoms with E-state index in [2.05, 4.69) is 6.92 Å². The Labute approximate surface area is 155 Å². The zero-order chi connectivity index (χ0) is 19.0. The van der Waals surface area contributed by atoms with Crippen molar-refractivity contribution in [3.8, 4) is 0 Å². The van der Waals surface area contributed by atoms with E-state index in [4.69, 9.17) is 5.11 Å². The SMILES string of the molecule is CCCCCCCCC(O)(CCCCCCCCCC(=O)O)C(C)O. The Hall–Kier alpha value is -0.610. The van der Waals surface area contributed by atoms with Gasteiger partial charge in [0.15, 0.2) is 0 Å². The standard InChI is InChI=1S/C21H42O4/c1-3-4-5-6-11-14-17-21(25,19(2)22)18-15-12-9-7-8-10-13-16-20(23)24/h19,22,25H,3-18H2,1-2H3,(H,23,24). The Morgan fingerprint density at radius 3 is 1.60 bits per heavy atom. The van der Waals surface area contributed by atoms with Crippen LogP contribution in [0.3, 0.4) is 0 Å². The summed E-state index contributed by atoms with van der Waals surface area (Å²) in [6, 6.07) is 0. The van der Waals surface area contributed by atoms with E-state index < -0.39 is 17.7 Å². The van der Waals surface area contributed by atoms with E-state index in [1.165, 1.54) is 25.7 Å². The lowest BCUT2D eigenvalue weighted by molar-refractivity contribution is -0.137. The summed E-state index contributed by atoms with van der Waals surface area (Å²) in [5.74, 6) is -0.706. The molecule has 0 saturated heterocycles. The number of hydrogen-bond donors (Lipinski definition) is 3. The highest BCUT2D eigenvalue weighted by Gasteiger charge is 2.31. The molecule has 150 valence electrons. The normalized spacial score (nSPS) is 15.0. The number of rotatable bonds is 18. The van der Waals surface area contributed by atoms with Gasteiger partial charge in [-0.05, 0) is 26.2 Å². The van der Waals surface area contributed by atoms with Crippen molar-refractivity contribution in [2.75, 3.05) is 0 Å². The molecule has 0 radical (unpaired) electrons. The van der Waals surface area contributed by atoms with Crippen LogP contribution >= 0.6 is 0 Å². The third-order valence-electron chi connectivity index (χ3n) is 5.24. The van der Waals surface area contributed by atoms with E-state index in [9.17, 15) is 15.0 Å². The summed E-state index contributed by atoms with van der Waals surface area (Å²) in [6.07, 6.45) is 15.3. The minimum Gasteiger partial charge on any atom is -0.481 e. The molecule has 0 bridgehead atoms. The Morgan fingerprint density at radius 2 is 1.20 bits per heavy atom. The van der Waals surface area contributed by atoms with Gasteiger partial charge in [-0.2, -0.15) is 0 Å². The summed E-state index contributed by atoms with van der Waals surface area (Å²) >= 11 is 0. The van der Waals surface area contributed by atoms with Gasteiger partial charge in [0.1, 0.15) is 0 Å². The molecule has 0 heterocycles. The molecule has 0 aromatic heterocycles. The lowest BCUT2D eigenvalue weighted by Crippen LogP contribution is -2.40. The van der Waals surface area contributed by atoms with Crippen molar-refractivity contribution in [2.45, 2.75) is 128 Å². The Balaban J connectivity index is 3.71. The maximum atomic E-state index is 10.7. The lowest BCUT2D eigenvalue weighted by atomic mass is 9.85. The molecular weight excluding hydrogens is 316 g/mol. The van der Waals surface area contributed by atoms with Crippen LogP contribution in [0.5, 0.6) is 0 Å². The molecule has 4 nitrogen and oxygen atoms in total. The van der Waals surface area contributed by atoms with Crippen LogP contribution in [0.25, 0.3) is 0 Å². The molecule has 0 aliphatic heterocycles. The first-order valence-corrected chi connectivity index (χ1v) is 10.5. The van der Waals surface area contributed by atoms with Crippen LogP contribution < -0.4 is 0 Å². The fourth-order valence-corrected chi connectivity index (χ4v) is 3.35. The fraction of sp³-hybridized carbons (Fsp3) is 0.952. The molecule has 0 aromatic rings. The average molecular weight is 359 g/mol. The maximum Gasteiger partial charge on any atom is 0.303 e. The largest absolute Gasteiger partial charge is 0.481 e. The molecule has 0 aromatic carbocycles. The molecule has 0 spiro atoms. The molecule has 0 aliphatic carbocycles. The van der Waals surface area contributed by atoms with Crippen LogP contribution in [-0.2, 0) is 4.79 Å². The second-order valence-electron chi connectivity index (χ2n) is 7.67. The molecule has 0 rings (SSSR count). The summed E-state index contributed by atoms with van der Waals surface area (Å²) < 4.78 is 0. The van der Waals surface area contributed by atoms with Gasteiger partial charge in [-0.3, -0.25) is 4.79 Å². The second kappa shape index (κ2) is 15.6. The predicted octanol–water partition coefficient (Wildman–Crippen LogP) is 5.44. The monoisotopic (exact) mass is 358 g/mol. The molecule has 0 aliphatic rings. The Morgan fingerprint density at radius 1 is 0.800 bits per heavy atom. The average Bonchev–Trinajstić information content (AvgIpc) is 2.56. The summed E-state index contributed by atoms with van der Waals surface area (Å²) in [7, 11) is 0. The van der Waals surface area contributed by atoms with E-state index in [0.29, 0.717) is 12.8 Å². The highest BCUT2D eigenvalue weighted by molar-refractivity contribution is 5.66. The molecule has 25 heavy (non-hydrogen) atoms. The van der Waals surface area contributed by atoms with Gasteiger partial charge >= 0.3 is 5.97 Å². The number of carboxylic acids is 1. The van der Waals surface area contributed by atoms with Gasteiger partial charge in [-0.15, -0.1) is 0 Å². The van der Waals surface area contributed by atoms with Crippen LogP contribution in [0.1, 0.15) is 117 Å². The van der Waals surface area contributed by atoms with Gasteiger partial charge in [0.2, 0.25) is 0 Å². The van der Waals surface area contributed by atoms with Crippen LogP contribution in [-0.4, -0.2) is 33.0 Å². The highest BCUT2D eigenvalue weighted by Crippen LogP contribution is 2.26. The third-order valence-corrected chi connectivity index (χ3v) is 5.24. The van der Waals surface area contributed by atoms with Crippen molar-refractivity contribution >= 4 is 5.97 Å². The van der Waals surface area contributed by atoms with Gasteiger partial charge < -0.3 is 15.3 Å². The third kappa shape index (κ3) is 14.3. The Bertz CT molecular complexity index is 317. The number of hydrogen-bond acceptors (Lipinski definition) is 3. The first kappa shape index (κ1) is 24.4. The second-order valence-corrected chi connectivity index (χ2v) is 7.67. The summed E-state index contributed by atoms with van der Waals surface area (Å²) in [5.41, 5.74) is -0.924. The Kier molecular flexibility index (Phi) is 15.2. The quantitative estimate of drug-likeness (QED) is 0.285. The number of unbranched alkanes of at least 4 members (excludes halogenated alkanes) is 11. The van der Waals surface area contributed by atoms with Crippen LogP contribution in [0.4, 0.5) is 0 Å². The van der Waals surface area contributed by atoms with E-state index >= 15 is 0 Å². The number of carboxylic acid groups (broad SMARTS) is 1. The number of aliphatic hydroxyl groups excluding tert-OH is 1. The molecule has 3 N–H and O–H groups in total. The van der Waals surface area contributed by atoms with Crippen molar-refractivity contribution in [2.24, 2.45) is 0 Å². The van der Waals surface area contributed by atoms with Gasteiger partial charge in [0, 0.05) is 6.42 Å². The van der Waals surface area contributed by atoms with Crippen LogP contribution in [0.15, 0.2) is 0 Å². The number of carbonyl (C=O) groups is 1. The zero-order valence-corrected chi connectivity index (χ0v) is 16.6. The first-order chi connectivity index (χ1) is 11.9. The minimum absolute atomic E-state index is 0.278.